The molecule has 1 aliphatic rings. The molecule has 0 bridgehead atoms. The summed E-state index contributed by atoms with van der Waals surface area (Å²) in [4.78, 5) is 17.1. The first-order valence-electron chi connectivity index (χ1n) is 9.83. The van der Waals surface area contributed by atoms with Gasteiger partial charge in [-0.2, -0.15) is 5.26 Å². The number of nitrogens with two attached hydrogens (primary N) is 1. The molecule has 1 aliphatic heterocycles. The molecule has 0 spiro atoms. The van der Waals surface area contributed by atoms with Crippen molar-refractivity contribution >= 4 is 11.0 Å². The van der Waals surface area contributed by atoms with E-state index in [0.717, 1.165) is 16.7 Å². The fraction of sp³-hybridized carbons (Fsp3) is 0.0800. The lowest BCUT2D eigenvalue weighted by Crippen LogP contribution is -2.26. The number of aromatic nitrogens is 1. The molecule has 0 saturated carbocycles. The Kier molecular flexibility index (Phi) is 4.61. The van der Waals surface area contributed by atoms with Gasteiger partial charge in [-0.3, -0.25) is 4.98 Å². The third kappa shape index (κ3) is 3.06. The molecule has 0 aliphatic carbocycles. The summed E-state index contributed by atoms with van der Waals surface area (Å²) in [5, 5.41) is 10.4. The van der Waals surface area contributed by atoms with Crippen LogP contribution in [0.4, 0.5) is 0 Å². The summed E-state index contributed by atoms with van der Waals surface area (Å²) >= 11 is 0. The van der Waals surface area contributed by atoms with Gasteiger partial charge in [0, 0.05) is 18.5 Å². The lowest BCUT2D eigenvalue weighted by atomic mass is 9.83. The van der Waals surface area contributed by atoms with Crippen molar-refractivity contribution in [2.45, 2.75) is 5.92 Å². The predicted molar refractivity (Wildman–Crippen MR) is 118 cm³/mol. The molecule has 7 nitrogen and oxygen atoms in total. The second-order valence-corrected chi connectivity index (χ2v) is 7.28. The van der Waals surface area contributed by atoms with Gasteiger partial charge in [0.2, 0.25) is 5.88 Å². The molecule has 4 aromatic rings. The number of pyridine rings is 1. The lowest BCUT2D eigenvalue weighted by Gasteiger charge is -2.26. The maximum Gasteiger partial charge on any atom is 0.344 e. The van der Waals surface area contributed by atoms with Crippen molar-refractivity contribution in [2.75, 3.05) is 7.11 Å². The minimum Gasteiger partial charge on any atom is -0.497 e. The van der Waals surface area contributed by atoms with Crippen LogP contribution in [0.25, 0.3) is 22.1 Å². The molecule has 0 fully saturated rings. The SMILES string of the molecule is COc1ccc2c3c(c(=O)oc2c1)C(c1ccc(-c2ccncc2)cc1)C(C#N)=C(N)O3. The maximum atomic E-state index is 13.1. The summed E-state index contributed by atoms with van der Waals surface area (Å²) in [6.45, 7) is 0. The summed E-state index contributed by atoms with van der Waals surface area (Å²) in [6.07, 6.45) is 3.45. The van der Waals surface area contributed by atoms with Gasteiger partial charge in [-0.05, 0) is 41.0 Å². The first-order chi connectivity index (χ1) is 15.6. The number of nitriles is 1. The zero-order valence-corrected chi connectivity index (χ0v) is 17.0. The van der Waals surface area contributed by atoms with E-state index >= 15 is 0 Å². The second-order valence-electron chi connectivity index (χ2n) is 7.28. The van der Waals surface area contributed by atoms with Crippen LogP contribution in [0.1, 0.15) is 17.0 Å². The minimum absolute atomic E-state index is 0.0362. The molecule has 0 saturated heterocycles. The lowest BCUT2D eigenvalue weighted by molar-refractivity contribution is 0.387. The molecular formula is C25H17N3O4. The molecule has 0 radical (unpaired) electrons. The molecule has 7 heteroatoms. The standard InChI is InChI=1S/C25H17N3O4/c1-30-17-6-7-18-20(12-17)31-25(29)22-21(19(13-26)24(27)32-23(18)22)16-4-2-14(3-5-16)15-8-10-28-11-9-15/h2-12,21H,27H2,1H3. The highest BCUT2D eigenvalue weighted by molar-refractivity contribution is 5.87. The van der Waals surface area contributed by atoms with Gasteiger partial charge in [0.05, 0.1) is 24.0 Å². The van der Waals surface area contributed by atoms with Gasteiger partial charge < -0.3 is 19.6 Å². The molecule has 0 amide bonds. The van der Waals surface area contributed by atoms with Crippen molar-refractivity contribution in [2.24, 2.45) is 5.73 Å². The fourth-order valence-electron chi connectivity index (χ4n) is 3.97. The Morgan fingerprint density at radius 3 is 2.47 bits per heavy atom. The highest BCUT2D eigenvalue weighted by Gasteiger charge is 2.35. The number of benzene rings is 2. The van der Waals surface area contributed by atoms with Gasteiger partial charge in [-0.25, -0.2) is 4.79 Å². The van der Waals surface area contributed by atoms with Crippen LogP contribution < -0.4 is 20.8 Å². The van der Waals surface area contributed by atoms with Crippen molar-refractivity contribution < 1.29 is 13.9 Å². The maximum absolute atomic E-state index is 13.1. The third-order valence-electron chi connectivity index (χ3n) is 5.53. The van der Waals surface area contributed by atoms with Crippen LogP contribution in [0, 0.1) is 11.3 Å². The minimum atomic E-state index is -0.710. The van der Waals surface area contributed by atoms with Crippen LogP contribution in [0.2, 0.25) is 0 Å². The van der Waals surface area contributed by atoms with Gasteiger partial charge in [0.15, 0.2) is 5.75 Å². The molecule has 1 unspecified atom stereocenters. The van der Waals surface area contributed by atoms with Crippen LogP contribution in [-0.2, 0) is 0 Å². The number of nitrogens with zero attached hydrogens (tertiary/aromatic N) is 2. The summed E-state index contributed by atoms with van der Waals surface area (Å²) < 4.78 is 16.6. The number of rotatable bonds is 3. The largest absolute Gasteiger partial charge is 0.497 e. The van der Waals surface area contributed by atoms with E-state index in [0.29, 0.717) is 22.5 Å². The Morgan fingerprint density at radius 2 is 1.78 bits per heavy atom. The van der Waals surface area contributed by atoms with Gasteiger partial charge in [-0.1, -0.05) is 24.3 Å². The quantitative estimate of drug-likeness (QED) is 0.494. The Bertz CT molecular complexity index is 1470. The highest BCUT2D eigenvalue weighted by Crippen LogP contribution is 2.44. The molecule has 5 rings (SSSR count). The van der Waals surface area contributed by atoms with Gasteiger partial charge in [-0.15, -0.1) is 0 Å². The van der Waals surface area contributed by atoms with E-state index in [4.69, 9.17) is 19.6 Å². The Balaban J connectivity index is 1.70. The zero-order valence-electron chi connectivity index (χ0n) is 17.0. The van der Waals surface area contributed by atoms with Crippen molar-refractivity contribution in [3.63, 3.8) is 0 Å². The average Bonchev–Trinajstić information content (AvgIpc) is 2.83. The van der Waals surface area contributed by atoms with E-state index in [1.165, 1.54) is 7.11 Å². The van der Waals surface area contributed by atoms with Crippen molar-refractivity contribution in [1.29, 1.82) is 5.26 Å². The van der Waals surface area contributed by atoms with Crippen molar-refractivity contribution in [1.82, 2.24) is 4.98 Å². The molecule has 156 valence electrons. The van der Waals surface area contributed by atoms with E-state index in [-0.39, 0.29) is 17.0 Å². The predicted octanol–water partition coefficient (Wildman–Crippen LogP) is 4.08. The van der Waals surface area contributed by atoms with E-state index < -0.39 is 11.5 Å². The summed E-state index contributed by atoms with van der Waals surface area (Å²) in [6, 6.07) is 18.6. The van der Waals surface area contributed by atoms with Crippen LogP contribution in [0.15, 0.2) is 87.7 Å². The molecule has 32 heavy (non-hydrogen) atoms. The van der Waals surface area contributed by atoms with E-state index in [9.17, 15) is 10.1 Å². The molecule has 3 heterocycles. The number of methoxy groups -OCH3 is 1. The van der Waals surface area contributed by atoms with Crippen molar-refractivity contribution in [3.05, 3.63) is 100.0 Å². The fourth-order valence-corrected chi connectivity index (χ4v) is 3.97. The van der Waals surface area contributed by atoms with Crippen LogP contribution in [0.5, 0.6) is 11.5 Å². The van der Waals surface area contributed by atoms with Crippen molar-refractivity contribution in [3.8, 4) is 28.7 Å². The number of allylic oxidation sites excluding steroid dienone is 1. The third-order valence-corrected chi connectivity index (χ3v) is 5.53. The number of hydrogen-bond acceptors (Lipinski definition) is 7. The Labute approximate surface area is 183 Å². The highest BCUT2D eigenvalue weighted by atomic mass is 16.5. The molecular weight excluding hydrogens is 406 g/mol. The number of ether oxygens (including phenoxy) is 2. The second kappa shape index (κ2) is 7.60. The van der Waals surface area contributed by atoms with Crippen LogP contribution in [-0.4, -0.2) is 12.1 Å². The molecule has 2 aromatic heterocycles. The van der Waals surface area contributed by atoms with Gasteiger partial charge >= 0.3 is 5.63 Å². The van der Waals surface area contributed by atoms with Crippen LogP contribution >= 0.6 is 0 Å². The summed E-state index contributed by atoms with van der Waals surface area (Å²) in [7, 11) is 1.53. The molecule has 2 aromatic carbocycles. The Morgan fingerprint density at radius 1 is 1.06 bits per heavy atom. The van der Waals surface area contributed by atoms with E-state index in [1.807, 2.05) is 36.4 Å². The summed E-state index contributed by atoms with van der Waals surface area (Å²) in [5.41, 5.74) is 8.96. The topological polar surface area (TPSA) is 111 Å². The average molecular weight is 423 g/mol. The first-order valence-corrected chi connectivity index (χ1v) is 9.83. The molecule has 1 atom stereocenters. The van der Waals surface area contributed by atoms with Gasteiger partial charge in [0.25, 0.3) is 0 Å². The number of hydrogen-bond donors (Lipinski definition) is 1. The first kappa shape index (κ1) is 19.4. The number of fused-ring (bicyclic) bond motifs is 3. The Hall–Kier alpha value is -4.57. The summed E-state index contributed by atoms with van der Waals surface area (Å²) in [5.74, 6) is 0.0865. The normalized spacial score (nSPS) is 15.1. The molecule has 2 N–H and O–H groups in total. The van der Waals surface area contributed by atoms with E-state index in [1.54, 1.807) is 30.6 Å². The van der Waals surface area contributed by atoms with Crippen LogP contribution in [0.3, 0.4) is 0 Å². The monoisotopic (exact) mass is 423 g/mol. The van der Waals surface area contributed by atoms with E-state index in [2.05, 4.69) is 11.1 Å². The zero-order chi connectivity index (χ0) is 22.2. The van der Waals surface area contributed by atoms with Gasteiger partial charge in [0.1, 0.15) is 23.0 Å². The smallest absolute Gasteiger partial charge is 0.344 e.